The number of hydrogen-bond donors (Lipinski definition) is 0. The Morgan fingerprint density at radius 3 is 2.44 bits per heavy atom. The van der Waals surface area contributed by atoms with Gasteiger partial charge in [0, 0.05) is 23.8 Å². The zero-order chi connectivity index (χ0) is 12.8. The van der Waals surface area contributed by atoms with Gasteiger partial charge in [-0.15, -0.1) is 0 Å². The molecule has 2 aromatic rings. The van der Waals surface area contributed by atoms with Crippen molar-refractivity contribution in [2.24, 2.45) is 0 Å². The summed E-state index contributed by atoms with van der Waals surface area (Å²) in [6.45, 7) is 5.06. The molecule has 0 aliphatic heterocycles. The lowest BCUT2D eigenvalue weighted by Gasteiger charge is -2.20. The van der Waals surface area contributed by atoms with Crippen LogP contribution in [-0.4, -0.2) is 16.4 Å². The lowest BCUT2D eigenvalue weighted by atomic mass is 10.2. The molecule has 0 atom stereocenters. The summed E-state index contributed by atoms with van der Waals surface area (Å²) >= 11 is 3.41. The van der Waals surface area contributed by atoms with Gasteiger partial charge in [0.1, 0.15) is 0 Å². The monoisotopic (exact) mass is 304 g/mol. The third-order valence-electron chi connectivity index (χ3n) is 2.87. The van der Waals surface area contributed by atoms with E-state index in [1.54, 1.807) is 0 Å². The number of pyridine rings is 1. The summed E-state index contributed by atoms with van der Waals surface area (Å²) in [6.07, 6.45) is 1.85. The van der Waals surface area contributed by atoms with Gasteiger partial charge < -0.3 is 0 Å². The Hall–Kier alpha value is -1.19. The van der Waals surface area contributed by atoms with E-state index < -0.39 is 0 Å². The zero-order valence-electron chi connectivity index (χ0n) is 10.5. The van der Waals surface area contributed by atoms with Crippen molar-refractivity contribution in [3.63, 3.8) is 0 Å². The molecule has 0 saturated heterocycles. The first-order chi connectivity index (χ1) is 8.78. The molecule has 0 radical (unpaired) electrons. The normalized spacial score (nSPS) is 10.8. The van der Waals surface area contributed by atoms with Crippen LogP contribution in [0.2, 0.25) is 0 Å². The lowest BCUT2D eigenvalue weighted by molar-refractivity contribution is 0.268. The maximum Gasteiger partial charge on any atom is 0.0544 e. The van der Waals surface area contributed by atoms with E-state index in [-0.39, 0.29) is 0 Å². The van der Waals surface area contributed by atoms with Crippen LogP contribution in [0.3, 0.4) is 0 Å². The highest BCUT2D eigenvalue weighted by Crippen LogP contribution is 2.11. The first kappa shape index (κ1) is 13.2. The molecule has 0 bridgehead atoms. The fourth-order valence-electron chi connectivity index (χ4n) is 1.85. The van der Waals surface area contributed by atoms with Gasteiger partial charge in [0.05, 0.1) is 5.69 Å². The van der Waals surface area contributed by atoms with Crippen LogP contribution in [0.1, 0.15) is 18.2 Å². The van der Waals surface area contributed by atoms with E-state index >= 15 is 0 Å². The molecule has 0 amide bonds. The number of benzene rings is 1. The summed E-state index contributed by atoms with van der Waals surface area (Å²) < 4.78 is 1.03. The number of rotatable bonds is 5. The Bertz CT molecular complexity index is 468. The van der Waals surface area contributed by atoms with Crippen molar-refractivity contribution in [1.82, 2.24) is 9.88 Å². The Labute approximate surface area is 117 Å². The molecular formula is C15H17BrN2. The van der Waals surface area contributed by atoms with Gasteiger partial charge >= 0.3 is 0 Å². The minimum absolute atomic E-state index is 0.888. The van der Waals surface area contributed by atoms with Crippen LogP contribution in [0.5, 0.6) is 0 Å². The molecule has 1 aromatic carbocycles. The molecule has 0 saturated carbocycles. The van der Waals surface area contributed by atoms with Crippen molar-refractivity contribution >= 4 is 15.9 Å². The molecule has 0 aliphatic rings. The van der Waals surface area contributed by atoms with Crippen LogP contribution in [0, 0.1) is 0 Å². The van der Waals surface area contributed by atoms with Gasteiger partial charge in [0.2, 0.25) is 0 Å². The molecule has 0 aliphatic carbocycles. The highest BCUT2D eigenvalue weighted by atomic mass is 79.9. The molecule has 1 heterocycles. The van der Waals surface area contributed by atoms with Crippen LogP contribution in [0.15, 0.2) is 53.1 Å². The van der Waals surface area contributed by atoms with Crippen LogP contribution >= 0.6 is 15.9 Å². The predicted molar refractivity (Wildman–Crippen MR) is 78.2 cm³/mol. The third kappa shape index (κ3) is 3.93. The molecule has 94 valence electrons. The summed E-state index contributed by atoms with van der Waals surface area (Å²) in [5, 5.41) is 0. The fourth-order valence-corrected chi connectivity index (χ4v) is 2.08. The van der Waals surface area contributed by atoms with Crippen LogP contribution < -0.4 is 0 Å². The van der Waals surface area contributed by atoms with Crippen molar-refractivity contribution in [3.05, 3.63) is 64.4 Å². The smallest absolute Gasteiger partial charge is 0.0544 e. The summed E-state index contributed by atoms with van der Waals surface area (Å²) in [6, 6.07) is 14.7. The fraction of sp³-hybridized carbons (Fsp3) is 0.267. The second-order valence-electron chi connectivity index (χ2n) is 4.26. The second-order valence-corrected chi connectivity index (χ2v) is 5.17. The largest absolute Gasteiger partial charge is 0.294 e. The van der Waals surface area contributed by atoms with Gasteiger partial charge in [0.15, 0.2) is 0 Å². The van der Waals surface area contributed by atoms with Crippen molar-refractivity contribution in [2.45, 2.75) is 20.0 Å². The van der Waals surface area contributed by atoms with Gasteiger partial charge in [0.25, 0.3) is 0 Å². The van der Waals surface area contributed by atoms with E-state index in [9.17, 15) is 0 Å². The number of halogens is 1. The van der Waals surface area contributed by atoms with Crippen molar-refractivity contribution in [2.75, 3.05) is 6.54 Å². The maximum absolute atomic E-state index is 4.42. The van der Waals surface area contributed by atoms with E-state index in [2.05, 4.69) is 69.1 Å². The van der Waals surface area contributed by atoms with Gasteiger partial charge in [-0.2, -0.15) is 0 Å². The summed E-state index contributed by atoms with van der Waals surface area (Å²) in [5.41, 5.74) is 2.45. The number of aromatic nitrogens is 1. The topological polar surface area (TPSA) is 16.1 Å². The molecule has 1 aromatic heterocycles. The molecule has 0 spiro atoms. The van der Waals surface area contributed by atoms with E-state index in [1.165, 1.54) is 5.56 Å². The van der Waals surface area contributed by atoms with Crippen molar-refractivity contribution < 1.29 is 0 Å². The molecule has 0 N–H and O–H groups in total. The zero-order valence-corrected chi connectivity index (χ0v) is 12.1. The summed E-state index contributed by atoms with van der Waals surface area (Å²) in [7, 11) is 0. The highest BCUT2D eigenvalue weighted by molar-refractivity contribution is 9.10. The highest BCUT2D eigenvalue weighted by Gasteiger charge is 2.05. The Kier molecular flexibility index (Phi) is 4.90. The molecule has 2 rings (SSSR count). The molecule has 0 unspecified atom stereocenters. The van der Waals surface area contributed by atoms with Crippen molar-refractivity contribution in [1.29, 1.82) is 0 Å². The average molecular weight is 305 g/mol. The molecule has 0 fully saturated rings. The minimum Gasteiger partial charge on any atom is -0.294 e. The second kappa shape index (κ2) is 6.66. The van der Waals surface area contributed by atoms with E-state index in [0.717, 1.165) is 29.8 Å². The van der Waals surface area contributed by atoms with E-state index in [0.29, 0.717) is 0 Å². The maximum atomic E-state index is 4.42. The van der Waals surface area contributed by atoms with Crippen LogP contribution in [0.25, 0.3) is 0 Å². The quantitative estimate of drug-likeness (QED) is 0.833. The van der Waals surface area contributed by atoms with Crippen LogP contribution in [-0.2, 0) is 13.1 Å². The van der Waals surface area contributed by atoms with Gasteiger partial charge in [-0.25, -0.2) is 0 Å². The molecule has 2 nitrogen and oxygen atoms in total. The van der Waals surface area contributed by atoms with Gasteiger partial charge in [-0.1, -0.05) is 37.3 Å². The van der Waals surface area contributed by atoms with E-state index in [4.69, 9.17) is 0 Å². The summed E-state index contributed by atoms with van der Waals surface area (Å²) in [5.74, 6) is 0. The third-order valence-corrected chi connectivity index (χ3v) is 3.34. The van der Waals surface area contributed by atoms with E-state index in [1.807, 2.05) is 12.3 Å². The standard InChI is InChI=1S/C15H17BrN2/c1-2-18(11-13-6-4-3-5-7-13)12-15-9-8-14(16)10-17-15/h3-10H,2,11-12H2,1H3. The average Bonchev–Trinajstić information content (AvgIpc) is 2.41. The molecular weight excluding hydrogens is 288 g/mol. The molecule has 18 heavy (non-hydrogen) atoms. The first-order valence-electron chi connectivity index (χ1n) is 6.14. The Morgan fingerprint density at radius 1 is 1.06 bits per heavy atom. The minimum atomic E-state index is 0.888. The lowest BCUT2D eigenvalue weighted by Crippen LogP contribution is -2.22. The number of hydrogen-bond acceptors (Lipinski definition) is 2. The Morgan fingerprint density at radius 2 is 1.83 bits per heavy atom. The molecule has 3 heteroatoms. The Balaban J connectivity index is 1.99. The van der Waals surface area contributed by atoms with Crippen LogP contribution in [0.4, 0.5) is 0 Å². The number of nitrogens with zero attached hydrogens (tertiary/aromatic N) is 2. The SMILES string of the molecule is CCN(Cc1ccccc1)Cc1ccc(Br)cn1. The first-order valence-corrected chi connectivity index (χ1v) is 6.94. The van der Waals surface area contributed by atoms with Crippen molar-refractivity contribution in [3.8, 4) is 0 Å². The summed E-state index contributed by atoms with van der Waals surface area (Å²) in [4.78, 5) is 6.80. The van der Waals surface area contributed by atoms with Gasteiger partial charge in [-0.05, 0) is 40.2 Å². The predicted octanol–water partition coefficient (Wildman–Crippen LogP) is 3.87. The van der Waals surface area contributed by atoms with Gasteiger partial charge in [-0.3, -0.25) is 9.88 Å².